The van der Waals surface area contributed by atoms with Crippen molar-refractivity contribution in [1.29, 1.82) is 0 Å². The number of hydrogen-bond acceptors (Lipinski definition) is 4. The number of aliphatic hydroxyl groups is 1. The summed E-state index contributed by atoms with van der Waals surface area (Å²) in [6, 6.07) is 1.91. The van der Waals surface area contributed by atoms with Gasteiger partial charge in [0.15, 0.2) is 0 Å². The first-order chi connectivity index (χ1) is 11.0. The van der Waals surface area contributed by atoms with Gasteiger partial charge >= 0.3 is 0 Å². The molecule has 2 fully saturated rings. The van der Waals surface area contributed by atoms with Gasteiger partial charge < -0.3 is 14.7 Å². The van der Waals surface area contributed by atoms with Crippen molar-refractivity contribution in [3.05, 3.63) is 17.5 Å². The van der Waals surface area contributed by atoms with Gasteiger partial charge in [0.1, 0.15) is 11.3 Å². The smallest absolute Gasteiger partial charge is 0.272 e. The molecule has 1 spiro atoms. The number of ether oxygens (including phenoxy) is 1. The second-order valence-electron chi connectivity index (χ2n) is 6.97. The molecule has 0 aromatic carbocycles. The number of aryl methyl sites for hydroxylation is 1. The van der Waals surface area contributed by atoms with E-state index in [1.54, 1.807) is 4.68 Å². The van der Waals surface area contributed by atoms with Crippen molar-refractivity contribution in [1.82, 2.24) is 14.7 Å². The molecule has 23 heavy (non-hydrogen) atoms. The number of aromatic nitrogens is 2. The first-order valence-electron chi connectivity index (χ1n) is 8.66. The van der Waals surface area contributed by atoms with Crippen LogP contribution in [0.5, 0.6) is 0 Å². The molecule has 0 aliphatic carbocycles. The first kappa shape index (κ1) is 16.5. The van der Waals surface area contributed by atoms with E-state index < -0.39 is 11.7 Å². The summed E-state index contributed by atoms with van der Waals surface area (Å²) in [5.74, 6) is 0.287. The third-order valence-corrected chi connectivity index (χ3v) is 5.07. The van der Waals surface area contributed by atoms with Gasteiger partial charge in [0, 0.05) is 19.7 Å². The third-order valence-electron chi connectivity index (χ3n) is 5.07. The van der Waals surface area contributed by atoms with Gasteiger partial charge in [-0.05, 0) is 38.2 Å². The lowest BCUT2D eigenvalue weighted by molar-refractivity contribution is -0.124. The van der Waals surface area contributed by atoms with Crippen molar-refractivity contribution < 1.29 is 14.6 Å². The number of piperidine rings is 1. The molecule has 2 atom stereocenters. The Kier molecular flexibility index (Phi) is 4.47. The third kappa shape index (κ3) is 2.90. The molecule has 128 valence electrons. The van der Waals surface area contributed by atoms with Crippen molar-refractivity contribution in [2.75, 3.05) is 19.7 Å². The number of carbonyl (C=O) groups is 1. The van der Waals surface area contributed by atoms with E-state index in [2.05, 4.69) is 18.9 Å². The quantitative estimate of drug-likeness (QED) is 0.921. The first-order valence-corrected chi connectivity index (χ1v) is 8.66. The summed E-state index contributed by atoms with van der Waals surface area (Å²) in [6.07, 6.45) is 1.87. The minimum absolute atomic E-state index is 0.00646. The topological polar surface area (TPSA) is 67.6 Å². The molecule has 0 unspecified atom stereocenters. The Labute approximate surface area is 137 Å². The molecular formula is C17H27N3O3. The van der Waals surface area contributed by atoms with E-state index in [1.165, 1.54) is 0 Å². The van der Waals surface area contributed by atoms with Crippen LogP contribution in [0.15, 0.2) is 6.07 Å². The van der Waals surface area contributed by atoms with Crippen molar-refractivity contribution in [2.24, 2.45) is 0 Å². The molecule has 0 bridgehead atoms. The Morgan fingerprint density at radius 1 is 1.57 bits per heavy atom. The average Bonchev–Trinajstić information content (AvgIpc) is 3.17. The highest BCUT2D eigenvalue weighted by molar-refractivity contribution is 5.93. The zero-order chi connectivity index (χ0) is 16.6. The highest BCUT2D eigenvalue weighted by atomic mass is 16.5. The number of likely N-dealkylation sites (tertiary alicyclic amines) is 1. The van der Waals surface area contributed by atoms with Crippen LogP contribution in [0.25, 0.3) is 0 Å². The standard InChI is InChI=1S/C17H27N3O3/c1-4-20-14(10-13(18-20)12(2)3)16(22)19-8-6-15(21)17(11-19)7-5-9-23-17/h10,12,15,21H,4-9,11H2,1-3H3/t15-,17-/m0/s1. The van der Waals surface area contributed by atoms with Gasteiger partial charge in [-0.15, -0.1) is 0 Å². The van der Waals surface area contributed by atoms with Crippen LogP contribution in [0.3, 0.4) is 0 Å². The average molecular weight is 321 g/mol. The fraction of sp³-hybridized carbons (Fsp3) is 0.765. The minimum atomic E-state index is -0.564. The van der Waals surface area contributed by atoms with Crippen molar-refractivity contribution in [3.8, 4) is 0 Å². The van der Waals surface area contributed by atoms with Crippen LogP contribution in [0.4, 0.5) is 0 Å². The van der Waals surface area contributed by atoms with E-state index in [0.717, 1.165) is 18.5 Å². The van der Waals surface area contributed by atoms with Gasteiger partial charge in [-0.25, -0.2) is 0 Å². The van der Waals surface area contributed by atoms with Crippen LogP contribution >= 0.6 is 0 Å². The molecule has 1 aromatic rings. The number of rotatable bonds is 3. The van der Waals surface area contributed by atoms with E-state index in [9.17, 15) is 9.90 Å². The predicted molar refractivity (Wildman–Crippen MR) is 86.4 cm³/mol. The number of amides is 1. The van der Waals surface area contributed by atoms with Crippen LogP contribution in [0.1, 0.15) is 62.1 Å². The molecule has 1 amide bonds. The van der Waals surface area contributed by atoms with Crippen LogP contribution in [-0.2, 0) is 11.3 Å². The van der Waals surface area contributed by atoms with Gasteiger partial charge in [-0.1, -0.05) is 13.8 Å². The lowest BCUT2D eigenvalue weighted by atomic mass is 9.87. The van der Waals surface area contributed by atoms with Crippen LogP contribution in [0, 0.1) is 0 Å². The van der Waals surface area contributed by atoms with E-state index in [1.807, 2.05) is 17.9 Å². The van der Waals surface area contributed by atoms with Gasteiger partial charge in [-0.2, -0.15) is 5.10 Å². The molecule has 1 N–H and O–H groups in total. The van der Waals surface area contributed by atoms with Crippen molar-refractivity contribution in [3.63, 3.8) is 0 Å². The molecule has 6 nitrogen and oxygen atoms in total. The maximum Gasteiger partial charge on any atom is 0.272 e. The SMILES string of the molecule is CCn1nc(C(C)C)cc1C(=O)N1CC[C@H](O)[C@]2(CCCO2)C1. The van der Waals surface area contributed by atoms with Crippen molar-refractivity contribution in [2.45, 2.75) is 64.2 Å². The summed E-state index contributed by atoms with van der Waals surface area (Å²) in [5, 5.41) is 14.9. The van der Waals surface area contributed by atoms with Gasteiger partial charge in [0.05, 0.1) is 18.3 Å². The summed E-state index contributed by atoms with van der Waals surface area (Å²) < 4.78 is 7.63. The maximum absolute atomic E-state index is 13.0. The van der Waals surface area contributed by atoms with E-state index in [0.29, 0.717) is 44.3 Å². The number of hydrogen-bond donors (Lipinski definition) is 1. The van der Waals surface area contributed by atoms with Crippen molar-refractivity contribution >= 4 is 5.91 Å². The molecule has 6 heteroatoms. The molecule has 2 aliphatic heterocycles. The Hall–Kier alpha value is -1.40. The second-order valence-corrected chi connectivity index (χ2v) is 6.97. The summed E-state index contributed by atoms with van der Waals surface area (Å²) in [6.45, 7) is 8.53. The molecule has 0 saturated carbocycles. The van der Waals surface area contributed by atoms with Crippen LogP contribution in [0.2, 0.25) is 0 Å². The highest BCUT2D eigenvalue weighted by Crippen LogP contribution is 2.35. The van der Waals surface area contributed by atoms with E-state index in [4.69, 9.17) is 4.74 Å². The van der Waals surface area contributed by atoms with Gasteiger partial charge in [-0.3, -0.25) is 9.48 Å². The summed E-state index contributed by atoms with van der Waals surface area (Å²) in [5.41, 5.74) is 1.02. The second kappa shape index (κ2) is 6.24. The lowest BCUT2D eigenvalue weighted by Crippen LogP contribution is -2.58. The molecule has 2 aliphatic rings. The largest absolute Gasteiger partial charge is 0.390 e. The molecule has 1 aromatic heterocycles. The lowest BCUT2D eigenvalue weighted by Gasteiger charge is -2.43. The maximum atomic E-state index is 13.0. The Balaban J connectivity index is 1.83. The zero-order valence-corrected chi connectivity index (χ0v) is 14.3. The highest BCUT2D eigenvalue weighted by Gasteiger charge is 2.47. The number of nitrogens with zero attached hydrogens (tertiary/aromatic N) is 3. The summed E-state index contributed by atoms with van der Waals surface area (Å²) in [4.78, 5) is 14.8. The Morgan fingerprint density at radius 2 is 2.35 bits per heavy atom. The fourth-order valence-corrected chi connectivity index (χ4v) is 3.62. The van der Waals surface area contributed by atoms with E-state index in [-0.39, 0.29) is 5.91 Å². The molecule has 2 saturated heterocycles. The number of aliphatic hydroxyl groups excluding tert-OH is 1. The zero-order valence-electron chi connectivity index (χ0n) is 14.3. The Morgan fingerprint density at radius 3 is 2.96 bits per heavy atom. The van der Waals surface area contributed by atoms with Crippen LogP contribution in [-0.4, -0.2) is 57.1 Å². The van der Waals surface area contributed by atoms with E-state index >= 15 is 0 Å². The van der Waals surface area contributed by atoms with Gasteiger partial charge in [0.25, 0.3) is 5.91 Å². The fourth-order valence-electron chi connectivity index (χ4n) is 3.62. The predicted octanol–water partition coefficient (Wildman–Crippen LogP) is 1.78. The monoisotopic (exact) mass is 321 g/mol. The number of carbonyl (C=O) groups excluding carboxylic acids is 1. The molecule has 3 rings (SSSR count). The Bertz CT molecular complexity index is 576. The van der Waals surface area contributed by atoms with Crippen LogP contribution < -0.4 is 0 Å². The normalized spacial score (nSPS) is 28.0. The summed E-state index contributed by atoms with van der Waals surface area (Å²) in [7, 11) is 0. The van der Waals surface area contributed by atoms with Gasteiger partial charge in [0.2, 0.25) is 0 Å². The molecule has 3 heterocycles. The molecular weight excluding hydrogens is 294 g/mol. The summed E-state index contributed by atoms with van der Waals surface area (Å²) >= 11 is 0. The molecule has 0 radical (unpaired) electrons. The minimum Gasteiger partial charge on any atom is -0.390 e.